The number of aliphatic hydroxyl groups excluding tert-OH is 1. The predicted octanol–water partition coefficient (Wildman–Crippen LogP) is 3.17. The zero-order chi connectivity index (χ0) is 13.2. The van der Waals surface area contributed by atoms with E-state index in [-0.39, 0.29) is 10.2 Å². The lowest BCUT2D eigenvalue weighted by atomic mass is 10.2. The summed E-state index contributed by atoms with van der Waals surface area (Å²) < 4.78 is 63.8. The summed E-state index contributed by atoms with van der Waals surface area (Å²) in [7, 11) is 0. The molecule has 1 N–H and O–H groups in total. The molecular formula is C8H5BrF5NO2. The summed E-state index contributed by atoms with van der Waals surface area (Å²) >= 11 is 2.68. The Hall–Kier alpha value is -0.960. The van der Waals surface area contributed by atoms with Crippen LogP contribution in [0.1, 0.15) is 17.7 Å². The van der Waals surface area contributed by atoms with E-state index in [0.717, 1.165) is 0 Å². The highest BCUT2D eigenvalue weighted by molar-refractivity contribution is 9.10. The van der Waals surface area contributed by atoms with E-state index in [4.69, 9.17) is 5.11 Å². The monoisotopic (exact) mass is 321 g/mol. The van der Waals surface area contributed by atoms with E-state index in [1.54, 1.807) is 0 Å². The van der Waals surface area contributed by atoms with Crippen molar-refractivity contribution in [1.82, 2.24) is 4.98 Å². The van der Waals surface area contributed by atoms with Crippen LogP contribution in [-0.2, 0) is 6.61 Å². The van der Waals surface area contributed by atoms with Gasteiger partial charge in [-0.1, -0.05) is 0 Å². The van der Waals surface area contributed by atoms with Crippen molar-refractivity contribution in [3.05, 3.63) is 21.9 Å². The molecule has 0 unspecified atom stereocenters. The highest BCUT2D eigenvalue weighted by Crippen LogP contribution is 2.33. The number of ether oxygens (including phenoxy) is 1. The molecule has 9 heteroatoms. The summed E-state index contributed by atoms with van der Waals surface area (Å²) in [5.41, 5.74) is -1.24. The van der Waals surface area contributed by atoms with Crippen molar-refractivity contribution in [3.8, 4) is 5.75 Å². The molecule has 0 aliphatic carbocycles. The fourth-order valence-corrected chi connectivity index (χ4v) is 1.53. The number of nitrogens with zero attached hydrogens (tertiary/aromatic N) is 1. The Morgan fingerprint density at radius 1 is 1.41 bits per heavy atom. The van der Waals surface area contributed by atoms with Gasteiger partial charge in [-0.3, -0.25) is 0 Å². The molecule has 0 aromatic carbocycles. The first kappa shape index (κ1) is 14.1. The summed E-state index contributed by atoms with van der Waals surface area (Å²) in [6.07, 6.45) is -8.08. The molecule has 0 radical (unpaired) electrons. The summed E-state index contributed by atoms with van der Waals surface area (Å²) in [4.78, 5) is 3.29. The number of pyridine rings is 1. The molecule has 0 aliphatic rings. The maximum atomic E-state index is 12.3. The van der Waals surface area contributed by atoms with Gasteiger partial charge in [-0.2, -0.15) is 0 Å². The number of aliphatic hydroxyl groups is 1. The molecule has 1 aromatic heterocycles. The van der Waals surface area contributed by atoms with Crippen LogP contribution in [0.25, 0.3) is 0 Å². The Morgan fingerprint density at radius 3 is 2.41 bits per heavy atom. The van der Waals surface area contributed by atoms with Crippen molar-refractivity contribution in [2.45, 2.75) is 19.4 Å². The van der Waals surface area contributed by atoms with Gasteiger partial charge in [-0.15, -0.1) is 13.2 Å². The van der Waals surface area contributed by atoms with Crippen molar-refractivity contribution < 1.29 is 31.8 Å². The van der Waals surface area contributed by atoms with E-state index in [0.29, 0.717) is 6.07 Å². The van der Waals surface area contributed by atoms with Crippen LogP contribution >= 0.6 is 15.9 Å². The van der Waals surface area contributed by atoms with Crippen LogP contribution in [0.15, 0.2) is 10.7 Å². The van der Waals surface area contributed by atoms with E-state index in [9.17, 15) is 22.0 Å². The standard InChI is InChI=1S/C8H5BrF5NO2/c9-6-3(2-16)5(17-8(12,13)14)1-4(15-6)7(10)11/h1,7,16H,2H2. The first-order valence-corrected chi connectivity index (χ1v) is 4.88. The minimum absolute atomic E-state index is 0.322. The van der Waals surface area contributed by atoms with Crippen LogP contribution in [-0.4, -0.2) is 16.5 Å². The number of halogens is 6. The smallest absolute Gasteiger partial charge is 0.405 e. The van der Waals surface area contributed by atoms with Gasteiger partial charge < -0.3 is 9.84 Å². The normalized spacial score (nSPS) is 12.0. The van der Waals surface area contributed by atoms with Crippen LogP contribution in [0.3, 0.4) is 0 Å². The summed E-state index contributed by atoms with van der Waals surface area (Å²) in [6, 6.07) is 0.439. The Kier molecular flexibility index (Phi) is 4.26. The average Bonchev–Trinajstić information content (AvgIpc) is 2.14. The third kappa shape index (κ3) is 3.77. The van der Waals surface area contributed by atoms with Gasteiger partial charge in [0, 0.05) is 6.07 Å². The van der Waals surface area contributed by atoms with Gasteiger partial charge >= 0.3 is 6.36 Å². The van der Waals surface area contributed by atoms with Crippen LogP contribution in [0.5, 0.6) is 5.75 Å². The molecule has 0 bridgehead atoms. The summed E-state index contributed by atoms with van der Waals surface area (Å²) in [6.45, 7) is -0.831. The van der Waals surface area contributed by atoms with Gasteiger partial charge in [-0.25, -0.2) is 13.8 Å². The van der Waals surface area contributed by atoms with Crippen LogP contribution < -0.4 is 4.74 Å². The molecule has 0 aliphatic heterocycles. The Balaban J connectivity index is 3.24. The Bertz CT molecular complexity index is 410. The molecule has 0 spiro atoms. The minimum atomic E-state index is -5.04. The van der Waals surface area contributed by atoms with Crippen molar-refractivity contribution in [2.75, 3.05) is 0 Å². The number of hydrogen-bond donors (Lipinski definition) is 1. The van der Waals surface area contributed by atoms with Crippen molar-refractivity contribution >= 4 is 15.9 Å². The maximum absolute atomic E-state index is 12.3. The van der Waals surface area contributed by atoms with Crippen LogP contribution in [0.2, 0.25) is 0 Å². The Morgan fingerprint density at radius 2 is 2.00 bits per heavy atom. The molecule has 17 heavy (non-hydrogen) atoms. The number of hydrogen-bond acceptors (Lipinski definition) is 3. The predicted molar refractivity (Wildman–Crippen MR) is 49.5 cm³/mol. The summed E-state index contributed by atoms with van der Waals surface area (Å²) in [5, 5.41) is 8.82. The molecule has 1 rings (SSSR count). The SMILES string of the molecule is OCc1c(OC(F)(F)F)cc(C(F)F)nc1Br. The van der Waals surface area contributed by atoms with Gasteiger partial charge in [0.1, 0.15) is 16.0 Å². The molecular weight excluding hydrogens is 317 g/mol. The summed E-state index contributed by atoms with van der Waals surface area (Å²) in [5.74, 6) is -0.905. The number of rotatable bonds is 3. The van der Waals surface area contributed by atoms with Gasteiger partial charge in [0.05, 0.1) is 12.2 Å². The zero-order valence-corrected chi connectivity index (χ0v) is 9.52. The molecule has 0 fully saturated rings. The lowest BCUT2D eigenvalue weighted by molar-refractivity contribution is -0.275. The average molecular weight is 322 g/mol. The molecule has 0 amide bonds. The second-order valence-corrected chi connectivity index (χ2v) is 3.57. The lowest BCUT2D eigenvalue weighted by Crippen LogP contribution is -2.19. The molecule has 0 saturated heterocycles. The van der Waals surface area contributed by atoms with Gasteiger partial charge in [-0.05, 0) is 15.9 Å². The fraction of sp³-hybridized carbons (Fsp3) is 0.375. The second-order valence-electron chi connectivity index (χ2n) is 2.82. The van der Waals surface area contributed by atoms with Crippen LogP contribution in [0, 0.1) is 0 Å². The van der Waals surface area contributed by atoms with E-state index in [1.807, 2.05) is 0 Å². The van der Waals surface area contributed by atoms with Gasteiger partial charge in [0.25, 0.3) is 6.43 Å². The first-order valence-electron chi connectivity index (χ1n) is 4.08. The Labute approximate surface area is 100 Å². The zero-order valence-electron chi connectivity index (χ0n) is 7.93. The van der Waals surface area contributed by atoms with Crippen molar-refractivity contribution in [3.63, 3.8) is 0 Å². The van der Waals surface area contributed by atoms with Crippen molar-refractivity contribution in [1.29, 1.82) is 0 Å². The molecule has 96 valence electrons. The van der Waals surface area contributed by atoms with Gasteiger partial charge in [0.15, 0.2) is 0 Å². The topological polar surface area (TPSA) is 42.4 Å². The molecule has 3 nitrogen and oxygen atoms in total. The highest BCUT2D eigenvalue weighted by Gasteiger charge is 2.33. The van der Waals surface area contributed by atoms with E-state index in [1.165, 1.54) is 0 Å². The fourth-order valence-electron chi connectivity index (χ4n) is 1.01. The molecule has 0 atom stereocenters. The van der Waals surface area contributed by atoms with Crippen molar-refractivity contribution in [2.24, 2.45) is 0 Å². The van der Waals surface area contributed by atoms with Crippen LogP contribution in [0.4, 0.5) is 22.0 Å². The van der Waals surface area contributed by atoms with E-state index < -0.39 is 30.8 Å². The molecule has 1 heterocycles. The lowest BCUT2D eigenvalue weighted by Gasteiger charge is -2.14. The number of alkyl halides is 5. The minimum Gasteiger partial charge on any atom is -0.405 e. The largest absolute Gasteiger partial charge is 0.573 e. The third-order valence-corrected chi connectivity index (χ3v) is 2.32. The maximum Gasteiger partial charge on any atom is 0.573 e. The molecule has 0 saturated carbocycles. The highest BCUT2D eigenvalue weighted by atomic mass is 79.9. The third-order valence-electron chi connectivity index (χ3n) is 1.66. The molecule has 1 aromatic rings. The second kappa shape index (κ2) is 5.13. The van der Waals surface area contributed by atoms with E-state index in [2.05, 4.69) is 25.7 Å². The van der Waals surface area contributed by atoms with E-state index >= 15 is 0 Å². The quantitative estimate of drug-likeness (QED) is 0.687. The van der Waals surface area contributed by atoms with Gasteiger partial charge in [0.2, 0.25) is 0 Å². The first-order chi connectivity index (χ1) is 7.74. The number of aromatic nitrogens is 1.